The summed E-state index contributed by atoms with van der Waals surface area (Å²) in [6.45, 7) is 11.0. The van der Waals surface area contributed by atoms with Gasteiger partial charge in [-0.25, -0.2) is 0 Å². The zero-order chi connectivity index (χ0) is 13.4. The first-order chi connectivity index (χ1) is 7.83. The van der Waals surface area contributed by atoms with Crippen LogP contribution in [-0.2, 0) is 14.2 Å². The Kier molecular flexibility index (Phi) is 7.96. The van der Waals surface area contributed by atoms with Crippen LogP contribution in [0.15, 0.2) is 0 Å². The van der Waals surface area contributed by atoms with Crippen LogP contribution in [0.25, 0.3) is 0 Å². The summed E-state index contributed by atoms with van der Waals surface area (Å²) in [6.07, 6.45) is 1.02. The molecular weight excluding hydrogens is 218 g/mol. The molecule has 0 amide bonds. The fourth-order valence-corrected chi connectivity index (χ4v) is 1.14. The first-order valence-corrected chi connectivity index (χ1v) is 6.24. The van der Waals surface area contributed by atoms with Crippen molar-refractivity contribution in [2.24, 2.45) is 0 Å². The Labute approximate surface area is 106 Å². The van der Waals surface area contributed by atoms with E-state index in [0.717, 1.165) is 19.6 Å². The van der Waals surface area contributed by atoms with Crippen LogP contribution in [0.3, 0.4) is 0 Å². The van der Waals surface area contributed by atoms with E-state index in [9.17, 15) is 0 Å². The number of nitrogens with one attached hydrogen (secondary N) is 1. The van der Waals surface area contributed by atoms with Gasteiger partial charge in [-0.2, -0.15) is 0 Å². The molecule has 0 aromatic heterocycles. The lowest BCUT2D eigenvalue weighted by Crippen LogP contribution is -2.38. The third-order valence-corrected chi connectivity index (χ3v) is 2.53. The first kappa shape index (κ1) is 16.8. The van der Waals surface area contributed by atoms with Crippen LogP contribution < -0.4 is 5.32 Å². The van der Waals surface area contributed by atoms with Crippen LogP contribution in [0.1, 0.15) is 34.1 Å². The number of ether oxygens (including phenoxy) is 3. The highest BCUT2D eigenvalue weighted by Gasteiger charge is 2.24. The molecule has 4 nitrogen and oxygen atoms in total. The highest BCUT2D eigenvalue weighted by atomic mass is 16.6. The summed E-state index contributed by atoms with van der Waals surface area (Å²) in [5.41, 5.74) is -0.515. The Morgan fingerprint density at radius 3 is 2.18 bits per heavy atom. The minimum Gasteiger partial charge on any atom is -0.378 e. The Balaban J connectivity index is 3.72. The van der Waals surface area contributed by atoms with Gasteiger partial charge in [0.25, 0.3) is 0 Å². The van der Waals surface area contributed by atoms with Gasteiger partial charge in [0, 0.05) is 13.7 Å². The average Bonchev–Trinajstić information content (AvgIpc) is 2.27. The SMILES string of the molecule is CNCCCOCC(C)(C)OCC(C)(C)OC. The average molecular weight is 247 g/mol. The molecule has 0 fully saturated rings. The van der Waals surface area contributed by atoms with E-state index in [1.165, 1.54) is 0 Å². The normalized spacial score (nSPS) is 13.1. The van der Waals surface area contributed by atoms with Crippen molar-refractivity contribution in [3.8, 4) is 0 Å². The first-order valence-electron chi connectivity index (χ1n) is 6.24. The van der Waals surface area contributed by atoms with E-state index in [4.69, 9.17) is 14.2 Å². The van der Waals surface area contributed by atoms with E-state index in [-0.39, 0.29) is 11.2 Å². The second-order valence-electron chi connectivity index (χ2n) is 5.52. The Morgan fingerprint density at radius 1 is 1.00 bits per heavy atom. The lowest BCUT2D eigenvalue weighted by Gasteiger charge is -2.31. The van der Waals surface area contributed by atoms with Crippen molar-refractivity contribution < 1.29 is 14.2 Å². The number of hydrogen-bond acceptors (Lipinski definition) is 4. The van der Waals surface area contributed by atoms with Gasteiger partial charge in [0.1, 0.15) is 0 Å². The van der Waals surface area contributed by atoms with Crippen LogP contribution in [-0.4, -0.2) is 51.7 Å². The minimum absolute atomic E-state index is 0.247. The highest BCUT2D eigenvalue weighted by Crippen LogP contribution is 2.15. The molecule has 104 valence electrons. The summed E-state index contributed by atoms with van der Waals surface area (Å²) in [5, 5.41) is 3.09. The third-order valence-electron chi connectivity index (χ3n) is 2.53. The Hall–Kier alpha value is -0.160. The van der Waals surface area contributed by atoms with E-state index in [1.54, 1.807) is 7.11 Å². The maximum absolute atomic E-state index is 5.83. The predicted molar refractivity (Wildman–Crippen MR) is 70.5 cm³/mol. The molecule has 0 aromatic carbocycles. The predicted octanol–water partition coefficient (Wildman–Crippen LogP) is 1.83. The second-order valence-corrected chi connectivity index (χ2v) is 5.52. The number of methoxy groups -OCH3 is 1. The molecule has 0 rings (SSSR count). The molecule has 0 aliphatic heterocycles. The summed E-state index contributed by atoms with van der Waals surface area (Å²) in [7, 11) is 3.64. The van der Waals surface area contributed by atoms with Crippen molar-refractivity contribution in [3.05, 3.63) is 0 Å². The van der Waals surface area contributed by atoms with Gasteiger partial charge in [-0.15, -0.1) is 0 Å². The van der Waals surface area contributed by atoms with Crippen LogP contribution >= 0.6 is 0 Å². The van der Waals surface area contributed by atoms with Gasteiger partial charge >= 0.3 is 0 Å². The Bertz CT molecular complexity index is 193. The molecule has 0 aliphatic rings. The van der Waals surface area contributed by atoms with Crippen molar-refractivity contribution in [2.75, 3.05) is 40.5 Å². The molecule has 0 saturated carbocycles. The quantitative estimate of drug-likeness (QED) is 0.598. The molecule has 0 bridgehead atoms. The number of rotatable bonds is 10. The Morgan fingerprint density at radius 2 is 1.65 bits per heavy atom. The maximum Gasteiger partial charge on any atom is 0.0860 e. The fourth-order valence-electron chi connectivity index (χ4n) is 1.14. The van der Waals surface area contributed by atoms with Gasteiger partial charge < -0.3 is 19.5 Å². The van der Waals surface area contributed by atoms with Crippen molar-refractivity contribution in [1.29, 1.82) is 0 Å². The van der Waals surface area contributed by atoms with Gasteiger partial charge in [0.05, 0.1) is 24.4 Å². The van der Waals surface area contributed by atoms with Crippen LogP contribution in [0.5, 0.6) is 0 Å². The monoisotopic (exact) mass is 247 g/mol. The molecule has 0 aromatic rings. The third kappa shape index (κ3) is 9.53. The molecule has 0 saturated heterocycles. The van der Waals surface area contributed by atoms with Gasteiger partial charge in [-0.3, -0.25) is 0 Å². The lowest BCUT2D eigenvalue weighted by molar-refractivity contribution is -0.130. The van der Waals surface area contributed by atoms with Crippen molar-refractivity contribution in [2.45, 2.75) is 45.3 Å². The maximum atomic E-state index is 5.83. The lowest BCUT2D eigenvalue weighted by atomic mass is 10.1. The molecule has 0 aliphatic carbocycles. The summed E-state index contributed by atoms with van der Waals surface area (Å²) < 4.78 is 16.7. The number of hydrogen-bond donors (Lipinski definition) is 1. The zero-order valence-corrected chi connectivity index (χ0v) is 12.3. The standard InChI is InChI=1S/C13H29NO3/c1-12(2,15-6)11-17-13(3,4)10-16-9-7-8-14-5/h14H,7-11H2,1-6H3. The van der Waals surface area contributed by atoms with E-state index >= 15 is 0 Å². The molecule has 0 atom stereocenters. The molecule has 0 heterocycles. The smallest absolute Gasteiger partial charge is 0.0860 e. The molecule has 4 heteroatoms. The highest BCUT2D eigenvalue weighted by molar-refractivity contribution is 4.73. The second kappa shape index (κ2) is 8.03. The summed E-state index contributed by atoms with van der Waals surface area (Å²) in [6, 6.07) is 0. The van der Waals surface area contributed by atoms with Gasteiger partial charge in [-0.05, 0) is 47.7 Å². The van der Waals surface area contributed by atoms with Crippen molar-refractivity contribution in [1.82, 2.24) is 5.32 Å². The minimum atomic E-state index is -0.268. The van der Waals surface area contributed by atoms with Gasteiger partial charge in [0.15, 0.2) is 0 Å². The topological polar surface area (TPSA) is 39.7 Å². The summed E-state index contributed by atoms with van der Waals surface area (Å²) in [5.74, 6) is 0. The van der Waals surface area contributed by atoms with E-state index in [0.29, 0.717) is 13.2 Å². The fraction of sp³-hybridized carbons (Fsp3) is 1.00. The molecule has 0 unspecified atom stereocenters. The summed E-state index contributed by atoms with van der Waals surface area (Å²) in [4.78, 5) is 0. The molecule has 17 heavy (non-hydrogen) atoms. The van der Waals surface area contributed by atoms with E-state index in [1.807, 2.05) is 34.7 Å². The molecule has 0 radical (unpaired) electrons. The van der Waals surface area contributed by atoms with Gasteiger partial charge in [0.2, 0.25) is 0 Å². The zero-order valence-electron chi connectivity index (χ0n) is 12.3. The van der Waals surface area contributed by atoms with E-state index < -0.39 is 0 Å². The van der Waals surface area contributed by atoms with Crippen molar-refractivity contribution in [3.63, 3.8) is 0 Å². The molecule has 1 N–H and O–H groups in total. The van der Waals surface area contributed by atoms with Crippen LogP contribution in [0, 0.1) is 0 Å². The molecular formula is C13H29NO3. The summed E-state index contributed by atoms with van der Waals surface area (Å²) >= 11 is 0. The van der Waals surface area contributed by atoms with Crippen LogP contribution in [0.4, 0.5) is 0 Å². The molecule has 0 spiro atoms. The largest absolute Gasteiger partial charge is 0.378 e. The van der Waals surface area contributed by atoms with Gasteiger partial charge in [-0.1, -0.05) is 0 Å². The van der Waals surface area contributed by atoms with Crippen LogP contribution in [0.2, 0.25) is 0 Å². The van der Waals surface area contributed by atoms with Crippen molar-refractivity contribution >= 4 is 0 Å². The van der Waals surface area contributed by atoms with E-state index in [2.05, 4.69) is 5.32 Å².